The first kappa shape index (κ1) is 12.8. The largest absolute Gasteiger partial charge is 0.460 e. The highest BCUT2D eigenvalue weighted by Gasteiger charge is 2.47. The molecule has 4 heteroatoms. The van der Waals surface area contributed by atoms with E-state index in [0.29, 0.717) is 5.56 Å². The number of hydrogen-bond donors (Lipinski definition) is 0. The van der Waals surface area contributed by atoms with Crippen molar-refractivity contribution in [2.75, 3.05) is 13.7 Å². The SMILES string of the molecule is CCOC(=O)C(=O)c1ccccc1C1(OC)CC1. The average molecular weight is 248 g/mol. The Morgan fingerprint density at radius 1 is 1.28 bits per heavy atom. The van der Waals surface area contributed by atoms with Crippen LogP contribution in [0.1, 0.15) is 35.7 Å². The first-order valence-electron chi connectivity index (χ1n) is 6.00. The van der Waals surface area contributed by atoms with Crippen LogP contribution in [0.2, 0.25) is 0 Å². The number of ketones is 1. The molecule has 1 saturated carbocycles. The van der Waals surface area contributed by atoms with Crippen LogP contribution < -0.4 is 0 Å². The van der Waals surface area contributed by atoms with E-state index in [0.717, 1.165) is 18.4 Å². The number of carbonyl (C=O) groups is 2. The van der Waals surface area contributed by atoms with E-state index in [1.54, 1.807) is 26.2 Å². The molecule has 1 aliphatic carbocycles. The standard InChI is InChI=1S/C14H16O4/c1-3-18-13(16)12(15)10-6-4-5-7-11(10)14(17-2)8-9-14/h4-7H,3,8-9H2,1-2H3. The van der Waals surface area contributed by atoms with Crippen molar-refractivity contribution >= 4 is 11.8 Å². The third kappa shape index (κ3) is 2.16. The molecule has 1 fully saturated rings. The molecule has 0 radical (unpaired) electrons. The van der Waals surface area contributed by atoms with Crippen molar-refractivity contribution in [1.29, 1.82) is 0 Å². The number of methoxy groups -OCH3 is 1. The molecule has 18 heavy (non-hydrogen) atoms. The van der Waals surface area contributed by atoms with Gasteiger partial charge < -0.3 is 9.47 Å². The number of ether oxygens (including phenoxy) is 2. The van der Waals surface area contributed by atoms with Gasteiger partial charge in [-0.05, 0) is 25.3 Å². The van der Waals surface area contributed by atoms with E-state index in [1.807, 2.05) is 12.1 Å². The summed E-state index contributed by atoms with van der Waals surface area (Å²) in [7, 11) is 1.62. The lowest BCUT2D eigenvalue weighted by Gasteiger charge is -2.16. The summed E-state index contributed by atoms with van der Waals surface area (Å²) in [6.07, 6.45) is 1.74. The van der Waals surface area contributed by atoms with Gasteiger partial charge >= 0.3 is 5.97 Å². The maximum atomic E-state index is 12.0. The Bertz CT molecular complexity index is 474. The molecule has 2 rings (SSSR count). The summed E-state index contributed by atoms with van der Waals surface area (Å²) in [4.78, 5) is 23.5. The van der Waals surface area contributed by atoms with Crippen LogP contribution >= 0.6 is 0 Å². The molecule has 1 aliphatic rings. The zero-order valence-corrected chi connectivity index (χ0v) is 10.6. The van der Waals surface area contributed by atoms with E-state index in [2.05, 4.69) is 0 Å². The second kappa shape index (κ2) is 4.90. The van der Waals surface area contributed by atoms with Gasteiger partial charge in [0.1, 0.15) is 0 Å². The van der Waals surface area contributed by atoms with E-state index in [4.69, 9.17) is 9.47 Å². The molecule has 96 valence electrons. The maximum Gasteiger partial charge on any atom is 0.379 e. The monoisotopic (exact) mass is 248 g/mol. The Labute approximate surface area is 106 Å². The summed E-state index contributed by atoms with van der Waals surface area (Å²) < 4.78 is 10.2. The molecule has 1 aromatic carbocycles. The smallest absolute Gasteiger partial charge is 0.379 e. The summed E-state index contributed by atoms with van der Waals surface area (Å²) in [5.41, 5.74) is 0.777. The van der Waals surface area contributed by atoms with Crippen LogP contribution in [-0.2, 0) is 19.9 Å². The first-order chi connectivity index (χ1) is 8.64. The van der Waals surface area contributed by atoms with Crippen LogP contribution in [0.3, 0.4) is 0 Å². The first-order valence-corrected chi connectivity index (χ1v) is 6.00. The maximum absolute atomic E-state index is 12.0. The predicted octanol–water partition coefficient (Wildman–Crippen LogP) is 2.07. The van der Waals surface area contributed by atoms with E-state index in [1.165, 1.54) is 0 Å². The summed E-state index contributed by atoms with van der Waals surface area (Å²) in [6, 6.07) is 7.06. The molecule has 0 aliphatic heterocycles. The fourth-order valence-corrected chi connectivity index (χ4v) is 2.08. The third-order valence-corrected chi connectivity index (χ3v) is 3.22. The number of benzene rings is 1. The second-order valence-electron chi connectivity index (χ2n) is 4.29. The zero-order chi connectivity index (χ0) is 13.2. The highest BCUT2D eigenvalue weighted by molar-refractivity contribution is 6.41. The Hall–Kier alpha value is -1.68. The molecule has 4 nitrogen and oxygen atoms in total. The van der Waals surface area contributed by atoms with Crippen LogP contribution in [0.25, 0.3) is 0 Å². The van der Waals surface area contributed by atoms with Crippen LogP contribution in [0, 0.1) is 0 Å². The van der Waals surface area contributed by atoms with Crippen molar-refractivity contribution in [3.63, 3.8) is 0 Å². The fourth-order valence-electron chi connectivity index (χ4n) is 2.08. The van der Waals surface area contributed by atoms with Gasteiger partial charge in [-0.25, -0.2) is 4.79 Å². The number of Topliss-reactive ketones (excluding diaryl/α,β-unsaturated/α-hetero) is 1. The average Bonchev–Trinajstić information content (AvgIpc) is 3.19. The topological polar surface area (TPSA) is 52.6 Å². The van der Waals surface area contributed by atoms with Gasteiger partial charge in [0.25, 0.3) is 5.78 Å². The second-order valence-corrected chi connectivity index (χ2v) is 4.29. The molecular formula is C14H16O4. The van der Waals surface area contributed by atoms with Crippen molar-refractivity contribution < 1.29 is 19.1 Å². The van der Waals surface area contributed by atoms with E-state index < -0.39 is 17.4 Å². The van der Waals surface area contributed by atoms with Crippen LogP contribution in [0.5, 0.6) is 0 Å². The van der Waals surface area contributed by atoms with Crippen molar-refractivity contribution in [1.82, 2.24) is 0 Å². The lowest BCUT2D eigenvalue weighted by atomic mass is 9.97. The lowest BCUT2D eigenvalue weighted by molar-refractivity contribution is -0.137. The normalized spacial score (nSPS) is 16.1. The van der Waals surface area contributed by atoms with Gasteiger partial charge in [0.15, 0.2) is 0 Å². The van der Waals surface area contributed by atoms with Crippen molar-refractivity contribution in [3.05, 3.63) is 35.4 Å². The minimum absolute atomic E-state index is 0.197. The molecule has 0 bridgehead atoms. The van der Waals surface area contributed by atoms with Gasteiger partial charge in [-0.2, -0.15) is 0 Å². The van der Waals surface area contributed by atoms with Gasteiger partial charge in [0, 0.05) is 12.7 Å². The molecular weight excluding hydrogens is 232 g/mol. The highest BCUT2D eigenvalue weighted by Crippen LogP contribution is 2.49. The minimum Gasteiger partial charge on any atom is -0.460 e. The fraction of sp³-hybridized carbons (Fsp3) is 0.429. The number of hydrogen-bond acceptors (Lipinski definition) is 4. The van der Waals surface area contributed by atoms with Gasteiger partial charge in [0.2, 0.25) is 0 Å². The van der Waals surface area contributed by atoms with E-state index in [-0.39, 0.29) is 6.61 Å². The molecule has 0 spiro atoms. The van der Waals surface area contributed by atoms with Crippen molar-refractivity contribution in [3.8, 4) is 0 Å². The number of carbonyl (C=O) groups excluding carboxylic acids is 2. The molecule has 0 saturated heterocycles. The van der Waals surface area contributed by atoms with Gasteiger partial charge in [-0.1, -0.05) is 24.3 Å². The van der Waals surface area contributed by atoms with Gasteiger partial charge in [-0.3, -0.25) is 4.79 Å². The molecule has 0 N–H and O–H groups in total. The number of rotatable bonds is 5. The van der Waals surface area contributed by atoms with Gasteiger partial charge in [0.05, 0.1) is 12.2 Å². The van der Waals surface area contributed by atoms with E-state index in [9.17, 15) is 9.59 Å². The summed E-state index contributed by atoms with van der Waals surface area (Å²) in [5.74, 6) is -1.41. The lowest BCUT2D eigenvalue weighted by Crippen LogP contribution is -2.22. The number of esters is 1. The third-order valence-electron chi connectivity index (χ3n) is 3.22. The quantitative estimate of drug-likeness (QED) is 0.455. The highest BCUT2D eigenvalue weighted by atomic mass is 16.5. The Balaban J connectivity index is 2.34. The van der Waals surface area contributed by atoms with Crippen molar-refractivity contribution in [2.24, 2.45) is 0 Å². The zero-order valence-electron chi connectivity index (χ0n) is 10.6. The molecule has 0 atom stereocenters. The van der Waals surface area contributed by atoms with Gasteiger partial charge in [-0.15, -0.1) is 0 Å². The van der Waals surface area contributed by atoms with Crippen molar-refractivity contribution in [2.45, 2.75) is 25.4 Å². The minimum atomic E-state index is -0.808. The van der Waals surface area contributed by atoms with Crippen LogP contribution in [-0.4, -0.2) is 25.5 Å². The Kier molecular flexibility index (Phi) is 3.48. The molecule has 0 aromatic heterocycles. The summed E-state index contributed by atoms with van der Waals surface area (Å²) >= 11 is 0. The molecule has 0 amide bonds. The summed E-state index contributed by atoms with van der Waals surface area (Å²) in [5, 5.41) is 0. The van der Waals surface area contributed by atoms with Crippen LogP contribution in [0.15, 0.2) is 24.3 Å². The molecule has 1 aromatic rings. The van der Waals surface area contributed by atoms with E-state index >= 15 is 0 Å². The molecule has 0 unspecified atom stereocenters. The Morgan fingerprint density at radius 3 is 2.50 bits per heavy atom. The molecule has 0 heterocycles. The summed E-state index contributed by atoms with van der Waals surface area (Å²) in [6.45, 7) is 1.87. The Morgan fingerprint density at radius 2 is 1.94 bits per heavy atom. The predicted molar refractivity (Wildman–Crippen MR) is 65.3 cm³/mol. The van der Waals surface area contributed by atoms with Crippen LogP contribution in [0.4, 0.5) is 0 Å².